The Morgan fingerprint density at radius 2 is 2.17 bits per heavy atom. The summed E-state index contributed by atoms with van der Waals surface area (Å²) in [6.45, 7) is 6.81. The lowest BCUT2D eigenvalue weighted by atomic mass is 10.0. The van der Waals surface area contributed by atoms with Crippen molar-refractivity contribution in [2.24, 2.45) is 11.8 Å². The van der Waals surface area contributed by atoms with Crippen LogP contribution in [0.2, 0.25) is 0 Å². The molecule has 2 unspecified atom stereocenters. The molecule has 0 radical (unpaired) electrons. The van der Waals surface area contributed by atoms with Gasteiger partial charge in [-0.25, -0.2) is 4.79 Å². The second-order valence-electron chi connectivity index (χ2n) is 7.18. The molecule has 2 atom stereocenters. The van der Waals surface area contributed by atoms with Gasteiger partial charge in [0.1, 0.15) is 5.75 Å². The predicted molar refractivity (Wildman–Crippen MR) is 96.7 cm³/mol. The van der Waals surface area contributed by atoms with E-state index in [-0.39, 0.29) is 6.03 Å². The molecular weight excluding hydrogens is 302 g/mol. The first-order valence-corrected chi connectivity index (χ1v) is 9.07. The highest BCUT2D eigenvalue weighted by molar-refractivity contribution is 5.74. The van der Waals surface area contributed by atoms with Gasteiger partial charge in [-0.15, -0.1) is 0 Å². The van der Waals surface area contributed by atoms with Crippen LogP contribution in [0.3, 0.4) is 0 Å². The van der Waals surface area contributed by atoms with E-state index in [1.165, 1.54) is 12.1 Å². The summed E-state index contributed by atoms with van der Waals surface area (Å²) in [5, 5.41) is 3.15. The molecule has 0 spiro atoms. The quantitative estimate of drug-likeness (QED) is 0.922. The predicted octanol–water partition coefficient (Wildman–Crippen LogP) is 2.96. The molecule has 2 aliphatic rings. The van der Waals surface area contributed by atoms with Gasteiger partial charge in [0, 0.05) is 44.5 Å². The molecule has 5 nitrogen and oxygen atoms in total. The number of nitrogens with one attached hydrogen (secondary N) is 1. The second kappa shape index (κ2) is 7.77. The fourth-order valence-corrected chi connectivity index (χ4v) is 3.76. The van der Waals surface area contributed by atoms with Gasteiger partial charge in [0.05, 0.1) is 7.11 Å². The molecule has 2 saturated heterocycles. The number of ether oxygens (including phenoxy) is 1. The standard InChI is InChI=1S/C19H29N3O2/c1-15-5-4-9-22(13-15)19(23)20-12-16-8-10-21(14-16)17-6-3-7-18(11-17)24-2/h3,6-7,11,15-16H,4-5,8-10,12-14H2,1-2H3,(H,20,23). The summed E-state index contributed by atoms with van der Waals surface area (Å²) in [5.74, 6) is 2.03. The van der Waals surface area contributed by atoms with E-state index in [0.717, 1.165) is 51.3 Å². The molecule has 24 heavy (non-hydrogen) atoms. The minimum Gasteiger partial charge on any atom is -0.497 e. The third-order valence-electron chi connectivity index (χ3n) is 5.19. The number of benzene rings is 1. The summed E-state index contributed by atoms with van der Waals surface area (Å²) in [7, 11) is 1.70. The van der Waals surface area contributed by atoms with Crippen LogP contribution in [-0.2, 0) is 0 Å². The Labute approximate surface area is 145 Å². The molecule has 132 valence electrons. The monoisotopic (exact) mass is 331 g/mol. The van der Waals surface area contributed by atoms with Crippen molar-refractivity contribution in [3.63, 3.8) is 0 Å². The molecule has 0 aromatic heterocycles. The molecule has 1 N–H and O–H groups in total. The number of anilines is 1. The maximum absolute atomic E-state index is 12.3. The van der Waals surface area contributed by atoms with Crippen LogP contribution in [0.4, 0.5) is 10.5 Å². The first-order chi connectivity index (χ1) is 11.7. The number of methoxy groups -OCH3 is 1. The maximum atomic E-state index is 12.3. The highest BCUT2D eigenvalue weighted by Crippen LogP contribution is 2.26. The molecule has 0 aliphatic carbocycles. The van der Waals surface area contributed by atoms with Crippen molar-refractivity contribution >= 4 is 11.7 Å². The molecule has 2 fully saturated rings. The molecular formula is C19H29N3O2. The maximum Gasteiger partial charge on any atom is 0.317 e. The third-order valence-corrected chi connectivity index (χ3v) is 5.19. The summed E-state index contributed by atoms with van der Waals surface area (Å²) < 4.78 is 5.31. The lowest BCUT2D eigenvalue weighted by Gasteiger charge is -2.31. The molecule has 5 heteroatoms. The first kappa shape index (κ1) is 16.9. The highest BCUT2D eigenvalue weighted by atomic mass is 16.5. The fourth-order valence-electron chi connectivity index (χ4n) is 3.76. The van der Waals surface area contributed by atoms with Gasteiger partial charge in [-0.3, -0.25) is 0 Å². The van der Waals surface area contributed by atoms with Crippen LogP contribution >= 0.6 is 0 Å². The van der Waals surface area contributed by atoms with E-state index in [0.29, 0.717) is 11.8 Å². The Morgan fingerprint density at radius 3 is 2.96 bits per heavy atom. The molecule has 3 rings (SSSR count). The van der Waals surface area contributed by atoms with Crippen molar-refractivity contribution < 1.29 is 9.53 Å². The zero-order valence-electron chi connectivity index (χ0n) is 14.8. The van der Waals surface area contributed by atoms with E-state index in [9.17, 15) is 4.79 Å². The van der Waals surface area contributed by atoms with Gasteiger partial charge in [0.25, 0.3) is 0 Å². The van der Waals surface area contributed by atoms with Gasteiger partial charge in [0.15, 0.2) is 0 Å². The molecule has 0 bridgehead atoms. The van der Waals surface area contributed by atoms with E-state index in [1.807, 2.05) is 17.0 Å². The van der Waals surface area contributed by atoms with E-state index in [2.05, 4.69) is 29.3 Å². The second-order valence-corrected chi connectivity index (χ2v) is 7.18. The number of piperidine rings is 1. The summed E-state index contributed by atoms with van der Waals surface area (Å²) in [6.07, 6.45) is 3.48. The van der Waals surface area contributed by atoms with Crippen LogP contribution in [0.25, 0.3) is 0 Å². The van der Waals surface area contributed by atoms with Crippen LogP contribution in [0, 0.1) is 11.8 Å². The molecule has 0 saturated carbocycles. The average Bonchev–Trinajstić information content (AvgIpc) is 3.09. The summed E-state index contributed by atoms with van der Waals surface area (Å²) >= 11 is 0. The number of carbonyl (C=O) groups is 1. The molecule has 2 aliphatic heterocycles. The normalized spacial score (nSPS) is 24.1. The van der Waals surface area contributed by atoms with Crippen LogP contribution in [0.15, 0.2) is 24.3 Å². The first-order valence-electron chi connectivity index (χ1n) is 9.07. The van der Waals surface area contributed by atoms with E-state index >= 15 is 0 Å². The minimum atomic E-state index is 0.112. The zero-order chi connectivity index (χ0) is 16.9. The van der Waals surface area contributed by atoms with Crippen LogP contribution in [0.5, 0.6) is 5.75 Å². The van der Waals surface area contributed by atoms with E-state index < -0.39 is 0 Å². The zero-order valence-corrected chi connectivity index (χ0v) is 14.8. The van der Waals surface area contributed by atoms with Crippen LogP contribution in [-0.4, -0.2) is 50.8 Å². The number of hydrogen-bond donors (Lipinski definition) is 1. The van der Waals surface area contributed by atoms with E-state index in [4.69, 9.17) is 4.74 Å². The lowest BCUT2D eigenvalue weighted by Crippen LogP contribution is -2.46. The number of nitrogens with zero attached hydrogens (tertiary/aromatic N) is 2. The van der Waals surface area contributed by atoms with E-state index in [1.54, 1.807) is 7.11 Å². The van der Waals surface area contributed by atoms with Gasteiger partial charge >= 0.3 is 6.03 Å². The number of amides is 2. The van der Waals surface area contributed by atoms with Crippen molar-refractivity contribution in [3.8, 4) is 5.75 Å². The largest absolute Gasteiger partial charge is 0.497 e. The van der Waals surface area contributed by atoms with Crippen molar-refractivity contribution in [2.45, 2.75) is 26.2 Å². The summed E-state index contributed by atoms with van der Waals surface area (Å²) in [5.41, 5.74) is 1.20. The van der Waals surface area contributed by atoms with Crippen LogP contribution < -0.4 is 15.0 Å². The Hall–Kier alpha value is -1.91. The van der Waals surface area contributed by atoms with Gasteiger partial charge in [-0.1, -0.05) is 13.0 Å². The number of hydrogen-bond acceptors (Lipinski definition) is 3. The number of urea groups is 1. The Balaban J connectivity index is 1.46. The molecule has 1 aromatic carbocycles. The Kier molecular flexibility index (Phi) is 5.48. The van der Waals surface area contributed by atoms with Gasteiger partial charge in [-0.2, -0.15) is 0 Å². The highest BCUT2D eigenvalue weighted by Gasteiger charge is 2.25. The Bertz CT molecular complexity index is 563. The van der Waals surface area contributed by atoms with Gasteiger partial charge in [0.2, 0.25) is 0 Å². The number of likely N-dealkylation sites (tertiary alicyclic amines) is 1. The molecule has 1 aromatic rings. The average molecular weight is 331 g/mol. The molecule has 2 heterocycles. The number of rotatable bonds is 4. The van der Waals surface area contributed by atoms with Crippen LogP contribution in [0.1, 0.15) is 26.2 Å². The van der Waals surface area contributed by atoms with Crippen molar-refractivity contribution in [1.29, 1.82) is 0 Å². The van der Waals surface area contributed by atoms with Crippen molar-refractivity contribution in [2.75, 3.05) is 44.7 Å². The fraction of sp³-hybridized carbons (Fsp3) is 0.632. The van der Waals surface area contributed by atoms with Crippen molar-refractivity contribution in [3.05, 3.63) is 24.3 Å². The minimum absolute atomic E-state index is 0.112. The lowest BCUT2D eigenvalue weighted by molar-refractivity contribution is 0.168. The summed E-state index contributed by atoms with van der Waals surface area (Å²) in [6, 6.07) is 8.31. The smallest absolute Gasteiger partial charge is 0.317 e. The van der Waals surface area contributed by atoms with Crippen molar-refractivity contribution in [1.82, 2.24) is 10.2 Å². The topological polar surface area (TPSA) is 44.8 Å². The van der Waals surface area contributed by atoms with Gasteiger partial charge < -0.3 is 19.9 Å². The molecule has 2 amide bonds. The number of carbonyl (C=O) groups excluding carboxylic acids is 1. The van der Waals surface area contributed by atoms with Gasteiger partial charge in [-0.05, 0) is 43.2 Å². The third kappa shape index (κ3) is 4.13. The Morgan fingerprint density at radius 1 is 1.29 bits per heavy atom. The summed E-state index contributed by atoms with van der Waals surface area (Å²) in [4.78, 5) is 16.7. The SMILES string of the molecule is COc1cccc(N2CCC(CNC(=O)N3CCCC(C)C3)C2)c1.